The lowest BCUT2D eigenvalue weighted by molar-refractivity contribution is -0.150. The Labute approximate surface area is 129 Å². The largest absolute Gasteiger partial charge is 0.389 e. The van der Waals surface area contributed by atoms with Crippen LogP contribution in [-0.2, 0) is 4.79 Å². The fourth-order valence-electron chi connectivity index (χ4n) is 2.36. The molecule has 132 valence electrons. The summed E-state index contributed by atoms with van der Waals surface area (Å²) in [5.74, 6) is -0.936. The fraction of sp³-hybridized carbons (Fsp3) is 0.923. The van der Waals surface area contributed by atoms with Gasteiger partial charge in [-0.15, -0.1) is 0 Å². The first-order valence-corrected chi connectivity index (χ1v) is 14.2. The molecule has 0 aliphatic carbocycles. The van der Waals surface area contributed by atoms with Gasteiger partial charge in [-0.1, -0.05) is 39.3 Å². The first-order chi connectivity index (χ1) is 9.37. The number of alkyl halides is 6. The summed E-state index contributed by atoms with van der Waals surface area (Å²) in [6.45, 7) is 8.82. The van der Waals surface area contributed by atoms with Gasteiger partial charge >= 0.3 is 12.4 Å². The average molecular weight is 366 g/mol. The molecule has 0 bridgehead atoms. The standard InChI is InChI=1S/C13H24F6OSi2/c1-21(2,3)10(12(14,15)16)7-9(20)8-11(13(17,18)19)22(4,5)6/h10-11H,7-8H2,1-6H3. The third kappa shape index (κ3) is 6.84. The van der Waals surface area contributed by atoms with E-state index in [-0.39, 0.29) is 0 Å². The highest BCUT2D eigenvalue weighted by molar-refractivity contribution is 6.78. The molecule has 0 amide bonds. The van der Waals surface area contributed by atoms with Crippen LogP contribution >= 0.6 is 0 Å². The summed E-state index contributed by atoms with van der Waals surface area (Å²) in [6.07, 6.45) is -10.8. The quantitative estimate of drug-likeness (QED) is 0.424. The number of carbonyl (C=O) groups is 1. The molecule has 2 unspecified atom stereocenters. The molecule has 0 aliphatic rings. The van der Waals surface area contributed by atoms with Gasteiger partial charge in [-0.05, 0) is 0 Å². The lowest BCUT2D eigenvalue weighted by atomic mass is 10.1. The van der Waals surface area contributed by atoms with Gasteiger partial charge in [0.1, 0.15) is 5.78 Å². The van der Waals surface area contributed by atoms with Gasteiger partial charge in [0.15, 0.2) is 0 Å². The van der Waals surface area contributed by atoms with Crippen LogP contribution in [0.4, 0.5) is 26.3 Å². The van der Waals surface area contributed by atoms with Gasteiger partial charge in [0, 0.05) is 12.8 Å². The second-order valence-electron chi connectivity index (χ2n) is 7.87. The van der Waals surface area contributed by atoms with Gasteiger partial charge in [-0.25, -0.2) is 0 Å². The van der Waals surface area contributed by atoms with Crippen molar-refractivity contribution in [2.45, 2.75) is 75.6 Å². The lowest BCUT2D eigenvalue weighted by Gasteiger charge is -2.33. The van der Waals surface area contributed by atoms with Gasteiger partial charge in [0.25, 0.3) is 0 Å². The average Bonchev–Trinajstić information content (AvgIpc) is 2.15. The maximum absolute atomic E-state index is 13.1. The Balaban J connectivity index is 5.20. The highest BCUT2D eigenvalue weighted by Gasteiger charge is 2.51. The molecule has 2 atom stereocenters. The zero-order valence-electron chi connectivity index (χ0n) is 13.7. The molecule has 0 rings (SSSR count). The van der Waals surface area contributed by atoms with Gasteiger partial charge in [0.2, 0.25) is 0 Å². The zero-order chi connectivity index (χ0) is 18.1. The molecule has 0 aromatic carbocycles. The Hall–Kier alpha value is -0.316. The van der Waals surface area contributed by atoms with E-state index in [1.807, 2.05) is 0 Å². The molecule has 0 heterocycles. The number of hydrogen-bond acceptors (Lipinski definition) is 1. The molecule has 22 heavy (non-hydrogen) atoms. The Morgan fingerprint density at radius 3 is 1.09 bits per heavy atom. The summed E-state index contributed by atoms with van der Waals surface area (Å²) in [7, 11) is -5.49. The van der Waals surface area contributed by atoms with E-state index in [1.165, 1.54) is 39.3 Å². The Morgan fingerprint density at radius 2 is 0.955 bits per heavy atom. The second-order valence-corrected chi connectivity index (χ2v) is 18.7. The maximum atomic E-state index is 13.1. The minimum atomic E-state index is -4.55. The summed E-state index contributed by atoms with van der Waals surface area (Å²) in [5, 5.41) is 0. The van der Waals surface area contributed by atoms with E-state index in [9.17, 15) is 31.1 Å². The molecule has 1 nitrogen and oxygen atoms in total. The minimum Gasteiger partial charge on any atom is -0.300 e. The van der Waals surface area contributed by atoms with E-state index in [4.69, 9.17) is 0 Å². The number of carbonyl (C=O) groups excluding carboxylic acids is 1. The van der Waals surface area contributed by atoms with Crippen LogP contribution in [-0.4, -0.2) is 34.3 Å². The van der Waals surface area contributed by atoms with Gasteiger partial charge < -0.3 is 0 Å². The van der Waals surface area contributed by atoms with Crippen molar-refractivity contribution in [1.82, 2.24) is 0 Å². The predicted octanol–water partition coefficient (Wildman–Crippen LogP) is 5.88. The van der Waals surface area contributed by atoms with Crippen molar-refractivity contribution >= 4 is 21.9 Å². The topological polar surface area (TPSA) is 17.1 Å². The number of halogens is 6. The minimum absolute atomic E-state index is 0.837. The first kappa shape index (κ1) is 21.7. The van der Waals surface area contributed by atoms with Crippen LogP contribution in [0.1, 0.15) is 12.8 Å². The van der Waals surface area contributed by atoms with Gasteiger partial charge in [-0.2, -0.15) is 26.3 Å². The molecular weight excluding hydrogens is 342 g/mol. The van der Waals surface area contributed by atoms with E-state index in [1.54, 1.807) is 0 Å². The molecule has 0 fully saturated rings. The number of rotatable bonds is 6. The third-order valence-corrected chi connectivity index (χ3v) is 8.99. The van der Waals surface area contributed by atoms with Crippen molar-refractivity contribution in [3.05, 3.63) is 0 Å². The molecule has 0 aromatic rings. The SMILES string of the molecule is C[Si](C)(C)C(CC(=O)CC(C(F)(F)F)[Si](C)(C)C)C(F)(F)F. The van der Waals surface area contributed by atoms with Crippen LogP contribution in [0.5, 0.6) is 0 Å². The first-order valence-electron chi connectivity index (χ1n) is 7.02. The Morgan fingerprint density at radius 1 is 0.727 bits per heavy atom. The summed E-state index contributed by atoms with van der Waals surface area (Å²) >= 11 is 0. The van der Waals surface area contributed by atoms with Crippen LogP contribution in [0.3, 0.4) is 0 Å². The van der Waals surface area contributed by atoms with Gasteiger partial charge in [0.05, 0.1) is 27.2 Å². The van der Waals surface area contributed by atoms with Crippen LogP contribution in [0, 0.1) is 0 Å². The number of hydrogen-bond donors (Lipinski definition) is 0. The molecular formula is C13H24F6OSi2. The van der Waals surface area contributed by atoms with Crippen molar-refractivity contribution in [2.24, 2.45) is 0 Å². The zero-order valence-corrected chi connectivity index (χ0v) is 15.7. The summed E-state index contributed by atoms with van der Waals surface area (Å²) in [5.41, 5.74) is -3.61. The molecule has 0 radical (unpaired) electrons. The summed E-state index contributed by atoms with van der Waals surface area (Å²) < 4.78 is 78.3. The predicted molar refractivity (Wildman–Crippen MR) is 80.5 cm³/mol. The van der Waals surface area contributed by atoms with Crippen molar-refractivity contribution in [1.29, 1.82) is 0 Å². The highest BCUT2D eigenvalue weighted by atomic mass is 28.3. The van der Waals surface area contributed by atoms with Gasteiger partial charge in [-0.3, -0.25) is 4.79 Å². The molecule has 0 saturated heterocycles. The van der Waals surface area contributed by atoms with E-state index in [0.717, 1.165) is 0 Å². The van der Waals surface area contributed by atoms with Crippen molar-refractivity contribution in [2.75, 3.05) is 0 Å². The molecule has 0 saturated carbocycles. The molecule has 9 heteroatoms. The molecule has 0 N–H and O–H groups in total. The third-order valence-electron chi connectivity index (χ3n) is 3.74. The molecule has 0 aromatic heterocycles. The van der Waals surface area contributed by atoms with E-state index in [0.29, 0.717) is 0 Å². The smallest absolute Gasteiger partial charge is 0.300 e. The van der Waals surface area contributed by atoms with Crippen molar-refractivity contribution in [3.8, 4) is 0 Å². The Kier molecular flexibility index (Phi) is 6.57. The number of Topliss-reactive ketones (excluding diaryl/α,β-unsaturated/α-hetero) is 1. The monoisotopic (exact) mass is 366 g/mol. The second kappa shape index (κ2) is 6.66. The van der Waals surface area contributed by atoms with Crippen molar-refractivity contribution < 1.29 is 31.1 Å². The van der Waals surface area contributed by atoms with E-state index < -0.39 is 58.2 Å². The maximum Gasteiger partial charge on any atom is 0.389 e. The summed E-state index contributed by atoms with van der Waals surface area (Å²) in [6, 6.07) is 0. The molecule has 0 aliphatic heterocycles. The van der Waals surface area contributed by atoms with Crippen LogP contribution in [0.15, 0.2) is 0 Å². The van der Waals surface area contributed by atoms with Crippen LogP contribution in [0.2, 0.25) is 50.4 Å². The number of ketones is 1. The van der Waals surface area contributed by atoms with E-state index >= 15 is 0 Å². The van der Waals surface area contributed by atoms with E-state index in [2.05, 4.69) is 0 Å². The van der Waals surface area contributed by atoms with Crippen LogP contribution < -0.4 is 0 Å². The highest BCUT2D eigenvalue weighted by Crippen LogP contribution is 2.45. The molecule has 0 spiro atoms. The lowest BCUT2D eigenvalue weighted by Crippen LogP contribution is -2.42. The van der Waals surface area contributed by atoms with Crippen LogP contribution in [0.25, 0.3) is 0 Å². The Bertz CT molecular complexity index is 325. The van der Waals surface area contributed by atoms with Crippen molar-refractivity contribution in [3.63, 3.8) is 0 Å². The fourth-order valence-corrected chi connectivity index (χ4v) is 6.01. The normalized spacial score (nSPS) is 17.3. The summed E-state index contributed by atoms with van der Waals surface area (Å²) in [4.78, 5) is 11.9.